The van der Waals surface area contributed by atoms with Crippen molar-refractivity contribution in [3.63, 3.8) is 0 Å². The summed E-state index contributed by atoms with van der Waals surface area (Å²) in [6.45, 7) is 4.12. The lowest BCUT2D eigenvalue weighted by Crippen LogP contribution is -2.04. The minimum atomic E-state index is 0.502. The van der Waals surface area contributed by atoms with Crippen LogP contribution in [0.1, 0.15) is 0 Å². The van der Waals surface area contributed by atoms with E-state index in [4.69, 9.17) is 17.3 Å². The van der Waals surface area contributed by atoms with Crippen LogP contribution >= 0.6 is 11.6 Å². The lowest BCUT2D eigenvalue weighted by molar-refractivity contribution is 1.32. The number of rotatable bonds is 3. The maximum absolute atomic E-state index is 6.04. The Morgan fingerprint density at radius 1 is 1.44 bits per heavy atom. The molecule has 0 aliphatic heterocycles. The van der Waals surface area contributed by atoms with E-state index < -0.39 is 0 Å². The number of pyridine rings is 1. The fraction of sp³-hybridized carbons (Fsp3) is 0.0833. The molecule has 1 aromatic heterocycles. The fourth-order valence-electron chi connectivity index (χ4n) is 1.54. The van der Waals surface area contributed by atoms with Crippen LogP contribution in [0.2, 0.25) is 0 Å². The molecule has 2 aromatic rings. The van der Waals surface area contributed by atoms with Gasteiger partial charge in [-0.3, -0.25) is 4.98 Å². The van der Waals surface area contributed by atoms with Gasteiger partial charge < -0.3 is 11.1 Å². The van der Waals surface area contributed by atoms with E-state index >= 15 is 0 Å². The molecule has 82 valence electrons. The molecule has 0 radical (unpaired) electrons. The number of aromatic nitrogens is 1. The Morgan fingerprint density at radius 2 is 2.25 bits per heavy atom. The highest BCUT2D eigenvalue weighted by molar-refractivity contribution is 6.29. The van der Waals surface area contributed by atoms with Gasteiger partial charge in [-0.1, -0.05) is 24.2 Å². The lowest BCUT2D eigenvalue weighted by Gasteiger charge is -2.10. The van der Waals surface area contributed by atoms with Crippen molar-refractivity contribution >= 4 is 33.7 Å². The molecule has 3 N–H and O–H groups in total. The zero-order chi connectivity index (χ0) is 11.5. The zero-order valence-electron chi connectivity index (χ0n) is 8.70. The number of fused-ring (bicyclic) bond motifs is 1. The minimum Gasteiger partial charge on any atom is -0.397 e. The van der Waals surface area contributed by atoms with Crippen LogP contribution in [0.5, 0.6) is 0 Å². The van der Waals surface area contributed by atoms with Gasteiger partial charge in [0.15, 0.2) is 0 Å². The molecule has 1 heterocycles. The number of nitrogens with two attached hydrogens (primary N) is 1. The third-order valence-corrected chi connectivity index (χ3v) is 2.47. The van der Waals surface area contributed by atoms with Crippen LogP contribution in [0.15, 0.2) is 42.2 Å². The number of nitrogens with zero attached hydrogens (tertiary/aromatic N) is 1. The van der Waals surface area contributed by atoms with Crippen LogP contribution in [0.3, 0.4) is 0 Å². The van der Waals surface area contributed by atoms with Crippen LogP contribution in [-0.4, -0.2) is 11.5 Å². The van der Waals surface area contributed by atoms with Crippen molar-refractivity contribution in [2.45, 2.75) is 0 Å². The molecular formula is C12H12ClN3. The maximum atomic E-state index is 6.04. The van der Waals surface area contributed by atoms with Crippen molar-refractivity contribution in [2.24, 2.45) is 0 Å². The molecule has 0 unspecified atom stereocenters. The fourth-order valence-corrected chi connectivity index (χ4v) is 1.60. The molecule has 0 spiro atoms. The first-order valence-corrected chi connectivity index (χ1v) is 5.25. The largest absolute Gasteiger partial charge is 0.397 e. The Morgan fingerprint density at radius 3 is 3.00 bits per heavy atom. The molecular weight excluding hydrogens is 222 g/mol. The van der Waals surface area contributed by atoms with E-state index in [1.54, 1.807) is 12.4 Å². The van der Waals surface area contributed by atoms with Crippen molar-refractivity contribution in [2.75, 3.05) is 17.6 Å². The molecule has 0 saturated carbocycles. The summed E-state index contributed by atoms with van der Waals surface area (Å²) in [6.07, 6.45) is 3.51. The van der Waals surface area contributed by atoms with Gasteiger partial charge in [0, 0.05) is 28.2 Å². The molecule has 2 rings (SSSR count). The quantitative estimate of drug-likeness (QED) is 0.802. The van der Waals surface area contributed by atoms with E-state index in [1.165, 1.54) is 0 Å². The van der Waals surface area contributed by atoms with E-state index in [9.17, 15) is 0 Å². The monoisotopic (exact) mass is 233 g/mol. The van der Waals surface area contributed by atoms with Crippen LogP contribution in [0, 0.1) is 0 Å². The number of halogens is 1. The van der Waals surface area contributed by atoms with Gasteiger partial charge in [0.25, 0.3) is 0 Å². The van der Waals surface area contributed by atoms with Crippen LogP contribution in [0.25, 0.3) is 10.8 Å². The third-order valence-electron chi connectivity index (χ3n) is 2.33. The summed E-state index contributed by atoms with van der Waals surface area (Å²) in [4.78, 5) is 4.05. The SMILES string of the molecule is C=C(Cl)CNc1ccc2cnccc2c1N. The van der Waals surface area contributed by atoms with Crippen LogP contribution in [-0.2, 0) is 0 Å². The van der Waals surface area contributed by atoms with Crippen LogP contribution in [0.4, 0.5) is 11.4 Å². The average Bonchev–Trinajstić information content (AvgIpc) is 2.28. The summed E-state index contributed by atoms with van der Waals surface area (Å²) in [5, 5.41) is 5.69. The van der Waals surface area contributed by atoms with E-state index in [-0.39, 0.29) is 0 Å². The topological polar surface area (TPSA) is 50.9 Å². The highest BCUT2D eigenvalue weighted by atomic mass is 35.5. The van der Waals surface area contributed by atoms with Gasteiger partial charge in [-0.15, -0.1) is 0 Å². The normalized spacial score (nSPS) is 10.3. The molecule has 0 aliphatic carbocycles. The molecule has 0 bridgehead atoms. The number of hydrogen-bond donors (Lipinski definition) is 2. The minimum absolute atomic E-state index is 0.502. The first-order valence-electron chi connectivity index (χ1n) is 4.88. The summed E-state index contributed by atoms with van der Waals surface area (Å²) in [7, 11) is 0. The summed E-state index contributed by atoms with van der Waals surface area (Å²) < 4.78 is 0. The predicted molar refractivity (Wildman–Crippen MR) is 69.6 cm³/mol. The number of anilines is 2. The highest BCUT2D eigenvalue weighted by Crippen LogP contribution is 2.28. The summed E-state index contributed by atoms with van der Waals surface area (Å²) in [5.74, 6) is 0. The van der Waals surface area contributed by atoms with Gasteiger partial charge in [-0.25, -0.2) is 0 Å². The Kier molecular flexibility index (Phi) is 2.97. The molecule has 0 amide bonds. The third kappa shape index (κ3) is 2.09. The van der Waals surface area contributed by atoms with E-state index in [1.807, 2.05) is 18.2 Å². The van der Waals surface area contributed by atoms with Gasteiger partial charge in [0.05, 0.1) is 17.9 Å². The van der Waals surface area contributed by atoms with Gasteiger partial charge >= 0.3 is 0 Å². The molecule has 16 heavy (non-hydrogen) atoms. The molecule has 0 fully saturated rings. The second-order valence-electron chi connectivity index (χ2n) is 3.49. The number of nitrogens with one attached hydrogen (secondary N) is 1. The maximum Gasteiger partial charge on any atom is 0.0630 e. The first-order chi connectivity index (χ1) is 7.68. The smallest absolute Gasteiger partial charge is 0.0630 e. The number of nitrogen functional groups attached to an aromatic ring is 1. The average molecular weight is 234 g/mol. The molecule has 1 aromatic carbocycles. The van der Waals surface area contributed by atoms with Crippen molar-refractivity contribution in [3.05, 3.63) is 42.2 Å². The van der Waals surface area contributed by atoms with Crippen LogP contribution < -0.4 is 11.1 Å². The van der Waals surface area contributed by atoms with Crippen molar-refractivity contribution in [3.8, 4) is 0 Å². The van der Waals surface area contributed by atoms with Gasteiger partial charge in [0.1, 0.15) is 0 Å². The number of hydrogen-bond acceptors (Lipinski definition) is 3. The highest BCUT2D eigenvalue weighted by Gasteiger charge is 2.03. The molecule has 0 aliphatic rings. The second-order valence-corrected chi connectivity index (χ2v) is 4.03. The van der Waals surface area contributed by atoms with Gasteiger partial charge in [-0.05, 0) is 12.1 Å². The summed E-state index contributed by atoms with van der Waals surface area (Å²) >= 11 is 5.69. The first kappa shape index (κ1) is 10.8. The van der Waals surface area contributed by atoms with E-state index in [0.717, 1.165) is 16.5 Å². The second kappa shape index (κ2) is 4.41. The Balaban J connectivity index is 2.40. The van der Waals surface area contributed by atoms with Gasteiger partial charge in [-0.2, -0.15) is 0 Å². The predicted octanol–water partition coefficient (Wildman–Crippen LogP) is 2.98. The summed E-state index contributed by atoms with van der Waals surface area (Å²) in [6, 6.07) is 5.78. The summed E-state index contributed by atoms with van der Waals surface area (Å²) in [5.41, 5.74) is 7.61. The Labute approximate surface area is 98.9 Å². The van der Waals surface area contributed by atoms with Gasteiger partial charge in [0.2, 0.25) is 0 Å². The number of benzene rings is 1. The van der Waals surface area contributed by atoms with Crippen molar-refractivity contribution < 1.29 is 0 Å². The molecule has 3 nitrogen and oxygen atoms in total. The zero-order valence-corrected chi connectivity index (χ0v) is 9.46. The van der Waals surface area contributed by atoms with Crippen molar-refractivity contribution in [1.82, 2.24) is 4.98 Å². The van der Waals surface area contributed by atoms with E-state index in [2.05, 4.69) is 16.9 Å². The molecule has 4 heteroatoms. The van der Waals surface area contributed by atoms with Crippen molar-refractivity contribution in [1.29, 1.82) is 0 Å². The molecule has 0 atom stereocenters. The lowest BCUT2D eigenvalue weighted by atomic mass is 10.1. The Bertz CT molecular complexity index is 537. The Hall–Kier alpha value is -1.74. The standard InChI is InChI=1S/C12H12ClN3/c1-8(13)6-16-11-3-2-9-7-15-5-4-10(9)12(11)14/h2-5,7,16H,1,6,14H2. The van der Waals surface area contributed by atoms with E-state index in [0.29, 0.717) is 17.3 Å². The molecule has 0 saturated heterocycles.